The lowest BCUT2D eigenvalue weighted by Gasteiger charge is -2.12. The van der Waals surface area contributed by atoms with Crippen molar-refractivity contribution >= 4 is 6.29 Å². The van der Waals surface area contributed by atoms with Crippen LogP contribution in [-0.4, -0.2) is 20.4 Å². The van der Waals surface area contributed by atoms with Crippen LogP contribution in [0, 0.1) is 0 Å². The van der Waals surface area contributed by atoms with Gasteiger partial charge in [-0.3, -0.25) is 4.79 Å². The zero-order valence-corrected chi connectivity index (χ0v) is 9.50. The number of hydrogen-bond donors (Lipinski definition) is 0. The Morgan fingerprint density at radius 1 is 1.50 bits per heavy atom. The van der Waals surface area contributed by atoms with Crippen molar-refractivity contribution < 1.29 is 4.79 Å². The molecule has 0 N–H and O–H groups in total. The van der Waals surface area contributed by atoms with E-state index >= 15 is 0 Å². The van der Waals surface area contributed by atoms with E-state index in [1.807, 2.05) is 35.4 Å². The van der Waals surface area contributed by atoms with Crippen LogP contribution >= 0.6 is 0 Å². The number of aromatic nitrogens is 3. The summed E-state index contributed by atoms with van der Waals surface area (Å²) < 4.78 is 4.03. The summed E-state index contributed by atoms with van der Waals surface area (Å²) in [5.41, 5.74) is 1.80. The van der Waals surface area contributed by atoms with E-state index in [0.29, 0.717) is 18.3 Å². The van der Waals surface area contributed by atoms with Crippen LogP contribution in [0.3, 0.4) is 0 Å². The van der Waals surface area contributed by atoms with Gasteiger partial charge in [0.15, 0.2) is 6.29 Å². The molecule has 0 atom stereocenters. The Bertz CT molecular complexity index is 482. The molecule has 0 radical (unpaired) electrons. The van der Waals surface area contributed by atoms with Gasteiger partial charge >= 0.3 is 0 Å². The molecule has 4 nitrogen and oxygen atoms in total. The minimum atomic E-state index is 0.382. The maximum absolute atomic E-state index is 10.8. The van der Waals surface area contributed by atoms with Crippen LogP contribution < -0.4 is 0 Å². The monoisotopic (exact) mass is 217 g/mol. The van der Waals surface area contributed by atoms with Gasteiger partial charge in [0.1, 0.15) is 0 Å². The van der Waals surface area contributed by atoms with Crippen LogP contribution in [0.5, 0.6) is 0 Å². The summed E-state index contributed by atoms with van der Waals surface area (Å²) in [5.74, 6) is 0. The molecule has 2 aromatic heterocycles. The Morgan fingerprint density at radius 2 is 2.31 bits per heavy atom. The highest BCUT2D eigenvalue weighted by atomic mass is 16.1. The zero-order chi connectivity index (χ0) is 11.5. The normalized spacial score (nSPS) is 10.9. The van der Waals surface area contributed by atoms with Crippen molar-refractivity contribution in [3.05, 3.63) is 42.2 Å². The molecular formula is C12H15N3O. The molecule has 0 unspecified atom stereocenters. The fraction of sp³-hybridized carbons (Fsp3) is 0.333. The van der Waals surface area contributed by atoms with Gasteiger partial charge in [-0.25, -0.2) is 4.98 Å². The molecule has 0 saturated heterocycles. The summed E-state index contributed by atoms with van der Waals surface area (Å²) in [6, 6.07) is 4.07. The number of hydrogen-bond acceptors (Lipinski definition) is 2. The number of carbonyl (C=O) groups excluding carboxylic acids is 1. The van der Waals surface area contributed by atoms with Crippen molar-refractivity contribution in [3.63, 3.8) is 0 Å². The average Bonchev–Trinajstić information content (AvgIpc) is 2.86. The molecule has 0 amide bonds. The van der Waals surface area contributed by atoms with Crippen LogP contribution in [0.4, 0.5) is 0 Å². The van der Waals surface area contributed by atoms with Gasteiger partial charge < -0.3 is 9.13 Å². The number of imidazole rings is 1. The topological polar surface area (TPSA) is 39.8 Å². The van der Waals surface area contributed by atoms with Crippen molar-refractivity contribution in [1.29, 1.82) is 0 Å². The van der Waals surface area contributed by atoms with Gasteiger partial charge in [-0.15, -0.1) is 0 Å². The van der Waals surface area contributed by atoms with E-state index in [2.05, 4.69) is 23.4 Å². The predicted octanol–water partition coefficient (Wildman–Crippen LogP) is 2.13. The summed E-state index contributed by atoms with van der Waals surface area (Å²) >= 11 is 0. The van der Waals surface area contributed by atoms with Crippen LogP contribution in [0.25, 0.3) is 0 Å². The van der Waals surface area contributed by atoms with Gasteiger partial charge in [-0.1, -0.05) is 0 Å². The van der Waals surface area contributed by atoms with E-state index in [-0.39, 0.29) is 0 Å². The molecule has 0 aliphatic rings. The molecule has 84 valence electrons. The molecule has 2 heterocycles. The van der Waals surface area contributed by atoms with Crippen LogP contribution in [0.2, 0.25) is 0 Å². The van der Waals surface area contributed by atoms with Gasteiger partial charge in [-0.2, -0.15) is 0 Å². The van der Waals surface area contributed by atoms with E-state index in [1.54, 1.807) is 0 Å². The SMILES string of the molecule is CC(C)n1cncc1Cn1cccc1C=O. The third-order valence-electron chi connectivity index (χ3n) is 2.62. The quantitative estimate of drug-likeness (QED) is 0.736. The van der Waals surface area contributed by atoms with Crippen LogP contribution in [0.15, 0.2) is 30.9 Å². The van der Waals surface area contributed by atoms with Gasteiger partial charge in [-0.05, 0) is 26.0 Å². The summed E-state index contributed by atoms with van der Waals surface area (Å²) in [6.07, 6.45) is 6.44. The van der Waals surface area contributed by atoms with Crippen molar-refractivity contribution in [2.24, 2.45) is 0 Å². The Balaban J connectivity index is 2.27. The second-order valence-corrected chi connectivity index (χ2v) is 4.06. The first-order chi connectivity index (χ1) is 7.72. The highest BCUT2D eigenvalue weighted by Crippen LogP contribution is 2.11. The largest absolute Gasteiger partial charge is 0.339 e. The molecule has 2 rings (SSSR count). The maximum Gasteiger partial charge on any atom is 0.166 e. The zero-order valence-electron chi connectivity index (χ0n) is 9.50. The minimum absolute atomic E-state index is 0.382. The molecule has 0 bridgehead atoms. The first-order valence-corrected chi connectivity index (χ1v) is 5.33. The van der Waals surface area contributed by atoms with Crippen molar-refractivity contribution in [3.8, 4) is 0 Å². The van der Waals surface area contributed by atoms with Gasteiger partial charge in [0.2, 0.25) is 0 Å². The van der Waals surface area contributed by atoms with Crippen molar-refractivity contribution in [2.75, 3.05) is 0 Å². The third kappa shape index (κ3) is 1.91. The minimum Gasteiger partial charge on any atom is -0.339 e. The summed E-state index contributed by atoms with van der Waals surface area (Å²) in [6.45, 7) is 4.90. The lowest BCUT2D eigenvalue weighted by Crippen LogP contribution is -2.09. The molecule has 16 heavy (non-hydrogen) atoms. The number of nitrogens with zero attached hydrogens (tertiary/aromatic N) is 3. The van der Waals surface area contributed by atoms with E-state index in [0.717, 1.165) is 12.0 Å². The van der Waals surface area contributed by atoms with Gasteiger partial charge in [0.05, 0.1) is 24.3 Å². The first kappa shape index (κ1) is 10.7. The standard InChI is InChI=1S/C12H15N3O/c1-10(2)15-9-13-6-12(15)7-14-5-3-4-11(14)8-16/h3-6,8-10H,7H2,1-2H3. The fourth-order valence-corrected chi connectivity index (χ4v) is 1.77. The van der Waals surface area contributed by atoms with Gasteiger partial charge in [0, 0.05) is 18.4 Å². The Kier molecular flexibility index (Phi) is 2.90. The van der Waals surface area contributed by atoms with E-state index in [1.165, 1.54) is 0 Å². The molecule has 4 heteroatoms. The number of aldehydes is 1. The number of carbonyl (C=O) groups is 1. The highest BCUT2D eigenvalue weighted by Gasteiger charge is 2.07. The third-order valence-corrected chi connectivity index (χ3v) is 2.62. The molecule has 2 aromatic rings. The molecule has 0 aliphatic carbocycles. The summed E-state index contributed by atoms with van der Waals surface area (Å²) in [4.78, 5) is 14.9. The Morgan fingerprint density at radius 3 is 3.00 bits per heavy atom. The summed E-state index contributed by atoms with van der Waals surface area (Å²) in [7, 11) is 0. The molecule has 0 fully saturated rings. The molecule has 0 aliphatic heterocycles. The Hall–Kier alpha value is -1.84. The second kappa shape index (κ2) is 4.35. The summed E-state index contributed by atoms with van der Waals surface area (Å²) in [5, 5.41) is 0. The van der Waals surface area contributed by atoms with Gasteiger partial charge in [0.25, 0.3) is 0 Å². The highest BCUT2D eigenvalue weighted by molar-refractivity contribution is 5.72. The smallest absolute Gasteiger partial charge is 0.166 e. The number of rotatable bonds is 4. The van der Waals surface area contributed by atoms with E-state index in [4.69, 9.17) is 0 Å². The van der Waals surface area contributed by atoms with Crippen LogP contribution in [0.1, 0.15) is 36.1 Å². The van der Waals surface area contributed by atoms with Crippen molar-refractivity contribution in [1.82, 2.24) is 14.1 Å². The molecule has 0 aromatic carbocycles. The second-order valence-electron chi connectivity index (χ2n) is 4.06. The molecule has 0 spiro atoms. The Labute approximate surface area is 94.5 Å². The molecule has 0 saturated carbocycles. The van der Waals surface area contributed by atoms with E-state index in [9.17, 15) is 4.79 Å². The lowest BCUT2D eigenvalue weighted by molar-refractivity contribution is 0.111. The lowest BCUT2D eigenvalue weighted by atomic mass is 10.3. The predicted molar refractivity (Wildman–Crippen MR) is 61.5 cm³/mol. The maximum atomic E-state index is 10.8. The van der Waals surface area contributed by atoms with Crippen LogP contribution in [-0.2, 0) is 6.54 Å². The van der Waals surface area contributed by atoms with Crippen molar-refractivity contribution in [2.45, 2.75) is 26.4 Å². The molecular weight excluding hydrogens is 202 g/mol. The van der Waals surface area contributed by atoms with E-state index < -0.39 is 0 Å². The fourth-order valence-electron chi connectivity index (χ4n) is 1.77. The average molecular weight is 217 g/mol. The first-order valence-electron chi connectivity index (χ1n) is 5.33.